The monoisotopic (exact) mass is 405 g/mol. The first kappa shape index (κ1) is 18.1. The molecule has 0 aliphatic carbocycles. The van der Waals surface area contributed by atoms with Gasteiger partial charge in [-0.3, -0.25) is 14.7 Å². The number of carbonyl (C=O) groups is 1. The molecule has 3 heterocycles. The maximum Gasteiger partial charge on any atom is 0.262 e. The molecule has 1 aromatic heterocycles. The minimum absolute atomic E-state index is 0.178. The molecular formula is C22H19N3O5. The van der Waals surface area contributed by atoms with Gasteiger partial charge in [-0.2, -0.15) is 0 Å². The fourth-order valence-electron chi connectivity index (χ4n) is 3.70. The molecule has 1 atom stereocenters. The van der Waals surface area contributed by atoms with Gasteiger partial charge in [-0.05, 0) is 36.4 Å². The van der Waals surface area contributed by atoms with E-state index in [1.165, 1.54) is 0 Å². The maximum atomic E-state index is 13.4. The van der Waals surface area contributed by atoms with Crippen LogP contribution in [-0.2, 0) is 0 Å². The second-order valence-electron chi connectivity index (χ2n) is 6.76. The number of aromatic nitrogens is 1. The van der Waals surface area contributed by atoms with Crippen molar-refractivity contribution < 1.29 is 23.7 Å². The normalized spacial score (nSPS) is 16.4. The van der Waals surface area contributed by atoms with Crippen LogP contribution in [0.1, 0.15) is 22.2 Å². The number of hydrogen-bond donors (Lipinski definition) is 1. The summed E-state index contributed by atoms with van der Waals surface area (Å²) in [6, 6.07) is 14.4. The minimum atomic E-state index is -0.546. The number of hydrogen-bond acceptors (Lipinski definition) is 7. The molecule has 30 heavy (non-hydrogen) atoms. The Morgan fingerprint density at radius 1 is 1.07 bits per heavy atom. The van der Waals surface area contributed by atoms with Gasteiger partial charge < -0.3 is 24.3 Å². The average Bonchev–Trinajstić information content (AvgIpc) is 3.36. The Hall–Kier alpha value is -3.94. The molecule has 0 saturated carbocycles. The van der Waals surface area contributed by atoms with Gasteiger partial charge in [-0.1, -0.05) is 0 Å². The molecule has 1 N–H and O–H groups in total. The molecule has 2 aliphatic heterocycles. The lowest BCUT2D eigenvalue weighted by molar-refractivity contribution is 0.0992. The van der Waals surface area contributed by atoms with Gasteiger partial charge in [-0.15, -0.1) is 0 Å². The summed E-state index contributed by atoms with van der Waals surface area (Å²) in [5.41, 5.74) is 2.51. The molecule has 1 amide bonds. The van der Waals surface area contributed by atoms with Gasteiger partial charge in [0.1, 0.15) is 11.5 Å². The molecular weight excluding hydrogens is 386 g/mol. The Morgan fingerprint density at radius 3 is 2.77 bits per heavy atom. The van der Waals surface area contributed by atoms with E-state index in [1.807, 2.05) is 18.2 Å². The highest BCUT2D eigenvalue weighted by atomic mass is 16.7. The zero-order valence-electron chi connectivity index (χ0n) is 16.4. The minimum Gasteiger partial charge on any atom is -0.497 e. The van der Waals surface area contributed by atoms with Gasteiger partial charge in [0.25, 0.3) is 5.91 Å². The Morgan fingerprint density at radius 2 is 1.93 bits per heavy atom. The Bertz CT molecular complexity index is 1130. The first-order valence-electron chi connectivity index (χ1n) is 9.36. The van der Waals surface area contributed by atoms with Crippen LogP contribution in [0, 0.1) is 0 Å². The van der Waals surface area contributed by atoms with E-state index >= 15 is 0 Å². The molecule has 5 rings (SSSR count). The highest BCUT2D eigenvalue weighted by molar-refractivity contribution is 6.11. The van der Waals surface area contributed by atoms with Crippen LogP contribution in [0.4, 0.5) is 11.4 Å². The van der Waals surface area contributed by atoms with Crippen molar-refractivity contribution in [2.24, 2.45) is 0 Å². The summed E-state index contributed by atoms with van der Waals surface area (Å²) in [6.07, 6.45) is 1.13. The number of fused-ring (bicyclic) bond motifs is 2. The van der Waals surface area contributed by atoms with Crippen LogP contribution in [-0.4, -0.2) is 31.9 Å². The standard InChI is InChI=1S/C22H19N3O5/c1-27-14-6-8-17(28-2)16(11-14)25-21(20-15(22(25)26)4-3-9-23-20)24-13-5-7-18-19(10-13)30-12-29-18/h3-11,21,24H,12H2,1-2H3/t21-/m0/s1. The molecule has 0 fully saturated rings. The molecule has 3 aromatic rings. The van der Waals surface area contributed by atoms with E-state index < -0.39 is 6.17 Å². The maximum absolute atomic E-state index is 13.4. The highest BCUT2D eigenvalue weighted by Crippen LogP contribution is 2.43. The van der Waals surface area contributed by atoms with Crippen LogP contribution in [0.2, 0.25) is 0 Å². The summed E-state index contributed by atoms with van der Waals surface area (Å²) in [5.74, 6) is 2.32. The SMILES string of the molecule is COc1ccc(OC)c(N2C(=O)c3cccnc3[C@H]2Nc2ccc3c(c2)OCO3)c1. The third-order valence-electron chi connectivity index (χ3n) is 5.13. The number of pyridine rings is 1. The lowest BCUT2D eigenvalue weighted by Gasteiger charge is -2.28. The summed E-state index contributed by atoms with van der Waals surface area (Å²) in [4.78, 5) is 19.5. The average molecular weight is 405 g/mol. The predicted molar refractivity (Wildman–Crippen MR) is 110 cm³/mol. The van der Waals surface area contributed by atoms with Crippen molar-refractivity contribution in [1.29, 1.82) is 0 Å². The fourth-order valence-corrected chi connectivity index (χ4v) is 3.70. The summed E-state index contributed by atoms with van der Waals surface area (Å²) in [6.45, 7) is 0.193. The van der Waals surface area contributed by atoms with Gasteiger partial charge in [-0.25, -0.2) is 0 Å². The van der Waals surface area contributed by atoms with E-state index in [9.17, 15) is 4.79 Å². The van der Waals surface area contributed by atoms with E-state index in [4.69, 9.17) is 18.9 Å². The van der Waals surface area contributed by atoms with Crippen molar-refractivity contribution in [2.45, 2.75) is 6.17 Å². The van der Waals surface area contributed by atoms with Crippen molar-refractivity contribution >= 4 is 17.3 Å². The quantitative estimate of drug-likeness (QED) is 0.694. The summed E-state index contributed by atoms with van der Waals surface area (Å²) >= 11 is 0. The number of ether oxygens (including phenoxy) is 4. The smallest absolute Gasteiger partial charge is 0.262 e. The summed E-state index contributed by atoms with van der Waals surface area (Å²) < 4.78 is 21.8. The first-order chi connectivity index (χ1) is 14.7. The largest absolute Gasteiger partial charge is 0.497 e. The molecule has 2 aromatic carbocycles. The second-order valence-corrected chi connectivity index (χ2v) is 6.76. The molecule has 0 bridgehead atoms. The van der Waals surface area contributed by atoms with E-state index in [1.54, 1.807) is 55.6 Å². The van der Waals surface area contributed by atoms with Crippen LogP contribution < -0.4 is 29.2 Å². The van der Waals surface area contributed by atoms with Crippen molar-refractivity contribution in [3.05, 3.63) is 66.0 Å². The van der Waals surface area contributed by atoms with Crippen molar-refractivity contribution in [2.75, 3.05) is 31.2 Å². The van der Waals surface area contributed by atoms with Crippen LogP contribution in [0.15, 0.2) is 54.7 Å². The number of anilines is 2. The van der Waals surface area contributed by atoms with E-state index in [0.717, 1.165) is 5.69 Å². The third kappa shape index (κ3) is 2.85. The molecule has 8 heteroatoms. The number of methoxy groups -OCH3 is 2. The van der Waals surface area contributed by atoms with E-state index in [0.29, 0.717) is 39.9 Å². The lowest BCUT2D eigenvalue weighted by Crippen LogP contribution is -2.32. The molecule has 0 radical (unpaired) electrons. The molecule has 0 spiro atoms. The van der Waals surface area contributed by atoms with Crippen LogP contribution >= 0.6 is 0 Å². The predicted octanol–water partition coefficient (Wildman–Crippen LogP) is 3.60. The lowest BCUT2D eigenvalue weighted by atomic mass is 10.2. The fraction of sp³-hybridized carbons (Fsp3) is 0.182. The second kappa shape index (κ2) is 7.14. The van der Waals surface area contributed by atoms with Crippen molar-refractivity contribution in [3.63, 3.8) is 0 Å². The molecule has 152 valence electrons. The van der Waals surface area contributed by atoms with Gasteiger partial charge in [0.05, 0.1) is 31.2 Å². The number of benzene rings is 2. The van der Waals surface area contributed by atoms with Crippen molar-refractivity contribution in [1.82, 2.24) is 4.98 Å². The first-order valence-corrected chi connectivity index (χ1v) is 9.36. The van der Waals surface area contributed by atoms with Gasteiger partial charge in [0.15, 0.2) is 17.7 Å². The zero-order chi connectivity index (χ0) is 20.7. The topological polar surface area (TPSA) is 82.2 Å². The third-order valence-corrected chi connectivity index (χ3v) is 5.13. The van der Waals surface area contributed by atoms with Gasteiger partial charge in [0.2, 0.25) is 6.79 Å². The van der Waals surface area contributed by atoms with Gasteiger partial charge in [0, 0.05) is 24.0 Å². The number of nitrogens with one attached hydrogen (secondary N) is 1. The number of nitrogens with zero attached hydrogens (tertiary/aromatic N) is 2. The van der Waals surface area contributed by atoms with Crippen LogP contribution in [0.5, 0.6) is 23.0 Å². The van der Waals surface area contributed by atoms with Crippen LogP contribution in [0.25, 0.3) is 0 Å². The molecule has 2 aliphatic rings. The summed E-state index contributed by atoms with van der Waals surface area (Å²) in [5, 5.41) is 3.41. The highest BCUT2D eigenvalue weighted by Gasteiger charge is 2.40. The van der Waals surface area contributed by atoms with Crippen molar-refractivity contribution in [3.8, 4) is 23.0 Å². The van der Waals surface area contributed by atoms with Gasteiger partial charge >= 0.3 is 0 Å². The zero-order valence-corrected chi connectivity index (χ0v) is 16.4. The Labute approximate surface area is 173 Å². The van der Waals surface area contributed by atoms with Crippen LogP contribution in [0.3, 0.4) is 0 Å². The number of rotatable bonds is 5. The number of amides is 1. The number of carbonyl (C=O) groups excluding carboxylic acids is 1. The Kier molecular flexibility index (Phi) is 4.31. The Balaban J connectivity index is 1.60. The molecule has 0 unspecified atom stereocenters. The molecule has 8 nitrogen and oxygen atoms in total. The van der Waals surface area contributed by atoms with E-state index in [-0.39, 0.29) is 12.7 Å². The van der Waals surface area contributed by atoms with E-state index in [2.05, 4.69) is 10.3 Å². The summed E-state index contributed by atoms with van der Waals surface area (Å²) in [7, 11) is 3.15. The molecule has 0 saturated heterocycles.